The molecule has 2 amide bonds. The first-order valence-corrected chi connectivity index (χ1v) is 13.0. The lowest BCUT2D eigenvalue weighted by Crippen LogP contribution is -2.45. The number of alkyl halides is 3. The Bertz CT molecular complexity index is 1190. The summed E-state index contributed by atoms with van der Waals surface area (Å²) in [5.41, 5.74) is 0.234. The molecule has 0 saturated carbocycles. The smallest absolute Gasteiger partial charge is 0.376 e. The number of thiophene rings is 1. The van der Waals surface area contributed by atoms with E-state index in [2.05, 4.69) is 0 Å². The molecule has 0 spiro atoms. The molecular weight excluding hydrogens is 501 g/mol. The number of nitrogens with zero attached hydrogens (tertiary/aromatic N) is 2. The lowest BCUT2D eigenvalue weighted by Gasteiger charge is -2.29. The highest BCUT2D eigenvalue weighted by Gasteiger charge is 2.31. The molecule has 1 aliphatic heterocycles. The molecule has 4 rings (SSSR count). The van der Waals surface area contributed by atoms with Crippen molar-refractivity contribution in [3.8, 4) is 0 Å². The Morgan fingerprint density at radius 1 is 0.973 bits per heavy atom. The number of benzene rings is 2. The molecule has 1 atom stereocenters. The van der Waals surface area contributed by atoms with E-state index in [1.54, 1.807) is 16.2 Å². The third-order valence-corrected chi connectivity index (χ3v) is 7.22. The molecule has 1 fully saturated rings. The van der Waals surface area contributed by atoms with Crippen molar-refractivity contribution in [2.24, 2.45) is 0 Å². The summed E-state index contributed by atoms with van der Waals surface area (Å²) in [6, 6.07) is 17.7. The lowest BCUT2D eigenvalue weighted by molar-refractivity contribution is -0.137. The summed E-state index contributed by atoms with van der Waals surface area (Å²) >= 11 is 1.61. The molecule has 1 saturated heterocycles. The zero-order chi connectivity index (χ0) is 26.4. The maximum absolute atomic E-state index is 13.6. The second-order valence-corrected chi connectivity index (χ2v) is 10.5. The molecule has 5 nitrogen and oxygen atoms in total. The van der Waals surface area contributed by atoms with Gasteiger partial charge in [0, 0.05) is 35.0 Å². The molecule has 9 heteroatoms. The molecule has 196 valence electrons. The number of carbonyl (C=O) groups is 2. The van der Waals surface area contributed by atoms with Crippen molar-refractivity contribution in [2.45, 2.75) is 45.1 Å². The van der Waals surface area contributed by atoms with Crippen molar-refractivity contribution < 1.29 is 27.5 Å². The lowest BCUT2D eigenvalue weighted by atomic mass is 10.1. The second kappa shape index (κ2) is 11.9. The molecule has 0 bridgehead atoms. The summed E-state index contributed by atoms with van der Waals surface area (Å²) in [5.74, 6) is -0.739. The van der Waals surface area contributed by atoms with Crippen LogP contribution in [0, 0.1) is 6.92 Å². The fraction of sp³-hybridized carbons (Fsp3) is 0.357. The van der Waals surface area contributed by atoms with Crippen LogP contribution in [0.5, 0.6) is 0 Å². The van der Waals surface area contributed by atoms with Gasteiger partial charge in [0.05, 0.1) is 18.2 Å². The van der Waals surface area contributed by atoms with E-state index in [-0.39, 0.29) is 30.7 Å². The Morgan fingerprint density at radius 2 is 1.70 bits per heavy atom. The predicted octanol–water partition coefficient (Wildman–Crippen LogP) is 5.93. The van der Waals surface area contributed by atoms with Crippen LogP contribution in [-0.4, -0.2) is 47.4 Å². The van der Waals surface area contributed by atoms with Gasteiger partial charge in [0.2, 0.25) is 5.91 Å². The zero-order valence-corrected chi connectivity index (χ0v) is 21.4. The maximum Gasteiger partial charge on any atom is 0.416 e. The van der Waals surface area contributed by atoms with E-state index in [0.29, 0.717) is 19.7 Å². The van der Waals surface area contributed by atoms with E-state index in [1.165, 1.54) is 4.90 Å². The van der Waals surface area contributed by atoms with Crippen LogP contribution in [0.4, 0.5) is 13.2 Å². The van der Waals surface area contributed by atoms with Crippen molar-refractivity contribution in [1.29, 1.82) is 0 Å². The van der Waals surface area contributed by atoms with Crippen molar-refractivity contribution in [1.82, 2.24) is 9.80 Å². The normalized spacial score (nSPS) is 15.5. The number of amides is 2. The van der Waals surface area contributed by atoms with Crippen molar-refractivity contribution in [2.75, 3.05) is 19.7 Å². The largest absolute Gasteiger partial charge is 0.416 e. The highest BCUT2D eigenvalue weighted by molar-refractivity contribution is 7.11. The number of hydrogen-bond acceptors (Lipinski definition) is 4. The van der Waals surface area contributed by atoms with Crippen LogP contribution in [0.15, 0.2) is 66.7 Å². The minimum atomic E-state index is -4.49. The number of halogens is 3. The number of aryl methyl sites for hydroxylation is 1. The Morgan fingerprint density at radius 3 is 2.30 bits per heavy atom. The number of hydrogen-bond donors (Lipinski definition) is 0. The Balaban J connectivity index is 1.55. The van der Waals surface area contributed by atoms with Crippen molar-refractivity contribution in [3.63, 3.8) is 0 Å². The molecule has 0 radical (unpaired) electrons. The molecule has 2 aromatic carbocycles. The average Bonchev–Trinajstić information content (AvgIpc) is 3.54. The SMILES string of the molecule is Cc1ccc(CN(Cc2ccccc2)C(=O)CN(CC2CCCO2)C(=O)c2ccc(C(F)(F)F)cc2)s1. The maximum atomic E-state index is 13.6. The first kappa shape index (κ1) is 26.9. The van der Waals surface area contributed by atoms with Gasteiger partial charge in [0.25, 0.3) is 5.91 Å². The molecule has 1 aliphatic rings. The van der Waals surface area contributed by atoms with Gasteiger partial charge >= 0.3 is 6.18 Å². The first-order valence-electron chi connectivity index (χ1n) is 12.1. The third-order valence-electron chi connectivity index (χ3n) is 6.23. The monoisotopic (exact) mass is 530 g/mol. The second-order valence-electron chi connectivity index (χ2n) is 9.14. The van der Waals surface area contributed by atoms with Crippen molar-refractivity contribution >= 4 is 23.2 Å². The van der Waals surface area contributed by atoms with Gasteiger partial charge in [0.1, 0.15) is 6.54 Å². The van der Waals surface area contributed by atoms with E-state index < -0.39 is 17.6 Å². The van der Waals surface area contributed by atoms with E-state index in [9.17, 15) is 22.8 Å². The molecule has 37 heavy (non-hydrogen) atoms. The van der Waals surface area contributed by atoms with Crippen LogP contribution >= 0.6 is 11.3 Å². The topological polar surface area (TPSA) is 49.9 Å². The van der Waals surface area contributed by atoms with Crippen LogP contribution in [0.1, 0.15) is 44.1 Å². The van der Waals surface area contributed by atoms with E-state index in [0.717, 1.165) is 52.4 Å². The molecule has 0 N–H and O–H groups in total. The molecular formula is C28H29F3N2O3S. The van der Waals surface area contributed by atoms with E-state index in [1.807, 2.05) is 49.4 Å². The summed E-state index contributed by atoms with van der Waals surface area (Å²) in [5, 5.41) is 0. The number of carbonyl (C=O) groups excluding carboxylic acids is 2. The van der Waals surface area contributed by atoms with Gasteiger partial charge < -0.3 is 14.5 Å². The highest BCUT2D eigenvalue weighted by atomic mass is 32.1. The number of rotatable bonds is 9. The molecule has 3 aromatic rings. The van der Waals surface area contributed by atoms with Crippen LogP contribution in [-0.2, 0) is 28.8 Å². The third kappa shape index (κ3) is 7.42. The summed E-state index contributed by atoms with van der Waals surface area (Å²) in [6.07, 6.45) is -3.09. The Kier molecular flexibility index (Phi) is 8.66. The molecule has 0 aliphatic carbocycles. The Labute approximate surface area is 218 Å². The van der Waals surface area contributed by atoms with Gasteiger partial charge in [-0.25, -0.2) is 0 Å². The average molecular weight is 531 g/mol. The minimum absolute atomic E-state index is 0.0993. The highest BCUT2D eigenvalue weighted by Crippen LogP contribution is 2.29. The van der Waals surface area contributed by atoms with Gasteiger partial charge in [0.15, 0.2) is 0 Å². The summed E-state index contributed by atoms with van der Waals surface area (Å²) in [6.45, 7) is 3.36. The van der Waals surface area contributed by atoms with E-state index in [4.69, 9.17) is 4.74 Å². The molecule has 1 unspecified atom stereocenters. The van der Waals surface area contributed by atoms with Crippen LogP contribution in [0.2, 0.25) is 0 Å². The standard InChI is InChI=1S/C28H29F3N2O3S/c1-20-9-14-25(37-20)18-32(16-21-6-3-2-4-7-21)26(34)19-33(17-24-8-5-15-36-24)27(35)22-10-12-23(13-11-22)28(29,30)31/h2-4,6-7,9-14,24H,5,8,15-19H2,1H3. The van der Waals surface area contributed by atoms with Gasteiger partial charge in [-0.05, 0) is 61.7 Å². The zero-order valence-electron chi connectivity index (χ0n) is 20.5. The Hall–Kier alpha value is -3.17. The summed E-state index contributed by atoms with van der Waals surface area (Å²) in [7, 11) is 0. The quantitative estimate of drug-likeness (QED) is 0.345. The van der Waals surface area contributed by atoms with Gasteiger partial charge in [-0.15, -0.1) is 11.3 Å². The first-order chi connectivity index (χ1) is 17.7. The van der Waals surface area contributed by atoms with Gasteiger partial charge in [-0.3, -0.25) is 9.59 Å². The number of ether oxygens (including phenoxy) is 1. The van der Waals surface area contributed by atoms with E-state index >= 15 is 0 Å². The summed E-state index contributed by atoms with van der Waals surface area (Å²) in [4.78, 5) is 32.3. The van der Waals surface area contributed by atoms with Crippen LogP contribution < -0.4 is 0 Å². The van der Waals surface area contributed by atoms with Gasteiger partial charge in [-0.2, -0.15) is 13.2 Å². The van der Waals surface area contributed by atoms with Crippen LogP contribution in [0.25, 0.3) is 0 Å². The van der Waals surface area contributed by atoms with Crippen LogP contribution in [0.3, 0.4) is 0 Å². The predicted molar refractivity (Wildman–Crippen MR) is 136 cm³/mol. The molecule has 1 aromatic heterocycles. The fourth-order valence-electron chi connectivity index (χ4n) is 4.30. The molecule has 2 heterocycles. The minimum Gasteiger partial charge on any atom is -0.376 e. The fourth-order valence-corrected chi connectivity index (χ4v) is 5.20. The summed E-state index contributed by atoms with van der Waals surface area (Å²) < 4.78 is 44.7. The van der Waals surface area contributed by atoms with Gasteiger partial charge in [-0.1, -0.05) is 30.3 Å². The van der Waals surface area contributed by atoms with Crippen molar-refractivity contribution in [3.05, 3.63) is 93.2 Å².